The Bertz CT molecular complexity index is 825. The Morgan fingerprint density at radius 3 is 2.54 bits per heavy atom. The van der Waals surface area contributed by atoms with E-state index in [1.54, 1.807) is 11.1 Å². The van der Waals surface area contributed by atoms with Crippen molar-refractivity contribution in [2.75, 3.05) is 0 Å². The molecule has 1 aliphatic carbocycles. The van der Waals surface area contributed by atoms with Crippen molar-refractivity contribution in [1.29, 1.82) is 5.26 Å². The van der Waals surface area contributed by atoms with Crippen LogP contribution in [-0.4, -0.2) is 61.8 Å². The lowest BCUT2D eigenvalue weighted by Crippen LogP contribution is -2.55. The highest BCUT2D eigenvalue weighted by atomic mass is 16.2. The summed E-state index contributed by atoms with van der Waals surface area (Å²) in [7, 11) is 0. The number of nitrogens with zero attached hydrogens (tertiary/aromatic N) is 5. The van der Waals surface area contributed by atoms with Crippen molar-refractivity contribution in [3.63, 3.8) is 0 Å². The third-order valence-electron chi connectivity index (χ3n) is 7.09. The molecule has 0 aromatic carbocycles. The van der Waals surface area contributed by atoms with Gasteiger partial charge in [0.25, 0.3) is 5.91 Å². The lowest BCUT2D eigenvalue weighted by Gasteiger charge is -2.41. The minimum atomic E-state index is -0.591. The Balaban J connectivity index is 1.29. The second-order valence-corrected chi connectivity index (χ2v) is 8.63. The first kappa shape index (κ1) is 17.6. The largest absolute Gasteiger partial charge is 0.331 e. The van der Waals surface area contributed by atoms with E-state index in [-0.39, 0.29) is 41.9 Å². The molecule has 0 spiro atoms. The van der Waals surface area contributed by atoms with Gasteiger partial charge < -0.3 is 15.5 Å². The fourth-order valence-corrected chi connectivity index (χ4v) is 5.65. The zero-order chi connectivity index (χ0) is 19.4. The Morgan fingerprint density at radius 1 is 1.14 bits per heavy atom. The molecule has 2 amide bonds. The predicted octanol–water partition coefficient (Wildman–Crippen LogP) is 0.700. The molecule has 4 fully saturated rings. The van der Waals surface area contributed by atoms with Crippen LogP contribution in [0.15, 0.2) is 18.6 Å². The number of rotatable bonds is 3. The smallest absolute Gasteiger partial charge is 0.274 e. The number of fused-ring (bicyclic) bond motifs is 3. The molecule has 6 atom stereocenters. The SMILES string of the molecule is N#C[C@@H]1C[C@@H]2C[C@@H]2N1C(=O)[C@@H](N)C1CC2CCC(C1)N2C(=O)c1cnccn1. The molecule has 3 saturated heterocycles. The summed E-state index contributed by atoms with van der Waals surface area (Å²) in [4.78, 5) is 37.8. The maximum Gasteiger partial charge on any atom is 0.274 e. The fourth-order valence-electron chi connectivity index (χ4n) is 5.65. The summed E-state index contributed by atoms with van der Waals surface area (Å²) in [5.74, 6) is 0.384. The Hall–Kier alpha value is -2.53. The van der Waals surface area contributed by atoms with E-state index >= 15 is 0 Å². The van der Waals surface area contributed by atoms with Crippen LogP contribution in [0, 0.1) is 23.2 Å². The highest BCUT2D eigenvalue weighted by Crippen LogP contribution is 2.48. The van der Waals surface area contributed by atoms with E-state index in [0.717, 1.165) is 38.5 Å². The number of carbonyl (C=O) groups excluding carboxylic acids is 2. The number of aromatic nitrogens is 2. The van der Waals surface area contributed by atoms with Crippen molar-refractivity contribution in [1.82, 2.24) is 19.8 Å². The van der Waals surface area contributed by atoms with Crippen LogP contribution in [0.3, 0.4) is 0 Å². The van der Waals surface area contributed by atoms with Crippen molar-refractivity contribution in [3.8, 4) is 6.07 Å². The molecule has 146 valence electrons. The van der Waals surface area contributed by atoms with E-state index in [9.17, 15) is 14.9 Å². The molecule has 1 aromatic heterocycles. The van der Waals surface area contributed by atoms with Crippen molar-refractivity contribution in [3.05, 3.63) is 24.3 Å². The number of carbonyl (C=O) groups is 2. The molecule has 2 unspecified atom stereocenters. The van der Waals surface area contributed by atoms with Gasteiger partial charge >= 0.3 is 0 Å². The van der Waals surface area contributed by atoms with Gasteiger partial charge in [-0.2, -0.15) is 5.26 Å². The van der Waals surface area contributed by atoms with Crippen LogP contribution in [0.1, 0.15) is 49.0 Å². The predicted molar refractivity (Wildman–Crippen MR) is 98.5 cm³/mol. The molecule has 4 heterocycles. The van der Waals surface area contributed by atoms with Crippen molar-refractivity contribution < 1.29 is 9.59 Å². The van der Waals surface area contributed by atoms with Gasteiger partial charge in [-0.1, -0.05) is 0 Å². The maximum absolute atomic E-state index is 13.1. The summed E-state index contributed by atoms with van der Waals surface area (Å²) in [6, 6.07) is 1.76. The lowest BCUT2D eigenvalue weighted by atomic mass is 9.84. The van der Waals surface area contributed by atoms with Gasteiger partial charge in [-0.15, -0.1) is 0 Å². The van der Waals surface area contributed by atoms with Crippen LogP contribution in [0.5, 0.6) is 0 Å². The van der Waals surface area contributed by atoms with E-state index in [1.807, 2.05) is 4.90 Å². The van der Waals surface area contributed by atoms with E-state index < -0.39 is 6.04 Å². The highest BCUT2D eigenvalue weighted by molar-refractivity contribution is 5.92. The van der Waals surface area contributed by atoms with Gasteiger partial charge in [-0.05, 0) is 50.4 Å². The molecule has 3 aliphatic heterocycles. The van der Waals surface area contributed by atoms with Gasteiger partial charge in [0.2, 0.25) is 5.91 Å². The lowest BCUT2D eigenvalue weighted by molar-refractivity contribution is -0.135. The molecule has 4 aliphatic rings. The topological polar surface area (TPSA) is 116 Å². The number of nitriles is 1. The Labute approximate surface area is 163 Å². The third kappa shape index (κ3) is 2.68. The summed E-state index contributed by atoms with van der Waals surface area (Å²) >= 11 is 0. The monoisotopic (exact) mass is 380 g/mol. The summed E-state index contributed by atoms with van der Waals surface area (Å²) in [5.41, 5.74) is 6.80. The molecular weight excluding hydrogens is 356 g/mol. The van der Waals surface area contributed by atoms with Gasteiger partial charge in [-0.3, -0.25) is 14.6 Å². The summed E-state index contributed by atoms with van der Waals surface area (Å²) in [6.07, 6.45) is 9.71. The van der Waals surface area contributed by atoms with Crippen LogP contribution in [0.2, 0.25) is 0 Å². The van der Waals surface area contributed by atoms with Gasteiger partial charge in [0.1, 0.15) is 11.7 Å². The molecule has 8 nitrogen and oxygen atoms in total. The van der Waals surface area contributed by atoms with E-state index in [1.165, 1.54) is 12.4 Å². The first-order chi connectivity index (χ1) is 13.6. The first-order valence-electron chi connectivity index (χ1n) is 10.1. The first-order valence-corrected chi connectivity index (χ1v) is 10.1. The van der Waals surface area contributed by atoms with Crippen LogP contribution >= 0.6 is 0 Å². The molecule has 1 saturated carbocycles. The molecule has 2 N–H and O–H groups in total. The summed E-state index contributed by atoms with van der Waals surface area (Å²) < 4.78 is 0. The van der Waals surface area contributed by atoms with E-state index in [4.69, 9.17) is 5.73 Å². The molecular formula is C20H24N6O2. The molecule has 8 heteroatoms. The van der Waals surface area contributed by atoms with E-state index in [0.29, 0.717) is 11.6 Å². The molecule has 28 heavy (non-hydrogen) atoms. The standard InChI is InChI=1S/C20H24N6O2/c21-9-15-5-11-8-17(11)26(15)20(28)18(22)12-6-13-1-2-14(7-12)25(13)19(27)16-10-23-3-4-24-16/h3-4,10-15,17-18H,1-2,5-8,22H2/t11-,12?,13?,14?,15+,17+,18+/m1/s1. The van der Waals surface area contributed by atoms with Crippen LogP contribution < -0.4 is 5.73 Å². The van der Waals surface area contributed by atoms with Gasteiger partial charge in [0, 0.05) is 30.5 Å². The number of hydrogen-bond acceptors (Lipinski definition) is 6. The number of hydrogen-bond donors (Lipinski definition) is 1. The fraction of sp³-hybridized carbons (Fsp3) is 0.650. The molecule has 1 aromatic rings. The van der Waals surface area contributed by atoms with Gasteiger partial charge in [0.15, 0.2) is 0 Å². The van der Waals surface area contributed by atoms with Crippen molar-refractivity contribution in [2.45, 2.75) is 68.7 Å². The Kier molecular flexibility index (Phi) is 4.09. The second-order valence-electron chi connectivity index (χ2n) is 8.63. The number of piperidine rings is 2. The Morgan fingerprint density at radius 2 is 1.89 bits per heavy atom. The van der Waals surface area contributed by atoms with Crippen LogP contribution in [0.25, 0.3) is 0 Å². The van der Waals surface area contributed by atoms with Gasteiger partial charge in [-0.25, -0.2) is 4.98 Å². The second kappa shape index (κ2) is 6.52. The molecule has 5 rings (SSSR count). The van der Waals surface area contributed by atoms with Gasteiger partial charge in [0.05, 0.1) is 18.3 Å². The minimum Gasteiger partial charge on any atom is -0.331 e. The molecule has 0 radical (unpaired) electrons. The highest BCUT2D eigenvalue weighted by Gasteiger charge is 2.56. The zero-order valence-corrected chi connectivity index (χ0v) is 15.6. The quantitative estimate of drug-likeness (QED) is 0.825. The third-order valence-corrected chi connectivity index (χ3v) is 7.09. The summed E-state index contributed by atoms with van der Waals surface area (Å²) in [5, 5.41) is 9.37. The van der Waals surface area contributed by atoms with Crippen LogP contribution in [-0.2, 0) is 4.79 Å². The minimum absolute atomic E-state index is 0.0491. The summed E-state index contributed by atoms with van der Waals surface area (Å²) in [6.45, 7) is 0. The number of amides is 2. The molecule has 2 bridgehead atoms. The van der Waals surface area contributed by atoms with Crippen LogP contribution in [0.4, 0.5) is 0 Å². The normalized spacial score (nSPS) is 36.6. The van der Waals surface area contributed by atoms with Crippen molar-refractivity contribution in [2.24, 2.45) is 17.6 Å². The number of likely N-dealkylation sites (tertiary alicyclic amines) is 1. The maximum atomic E-state index is 13.1. The number of nitrogens with two attached hydrogens (primary N) is 1. The van der Waals surface area contributed by atoms with E-state index in [2.05, 4.69) is 16.0 Å². The average Bonchev–Trinajstić information content (AvgIpc) is 3.32. The van der Waals surface area contributed by atoms with Crippen molar-refractivity contribution >= 4 is 11.8 Å². The zero-order valence-electron chi connectivity index (χ0n) is 15.6. The average molecular weight is 380 g/mol.